The Hall–Kier alpha value is -0.350. The molecule has 17 heteroatoms. The molecule has 0 spiro atoms. The van der Waals surface area contributed by atoms with Crippen LogP contribution < -0.4 is 34.7 Å². The molecular formula is C47H75NaO16. The average Bonchev–Trinajstić information content (AvgIpc) is 3.22. The van der Waals surface area contributed by atoms with Crippen LogP contribution in [0.4, 0.5) is 0 Å². The first kappa shape index (κ1) is 51.5. The molecule has 5 aliphatic carbocycles. The largest absolute Gasteiger partial charge is 1.00 e. The first-order chi connectivity index (χ1) is 29.4. The molecular weight excluding hydrogens is 843 g/mol. The minimum Gasteiger partial charge on any atom is -0.550 e. The summed E-state index contributed by atoms with van der Waals surface area (Å²) in [6.45, 7) is 16.9. The fraction of sp³-hybridized carbons (Fsp3) is 0.936. The summed E-state index contributed by atoms with van der Waals surface area (Å²) in [6.07, 6.45) is -10.5. The van der Waals surface area contributed by atoms with E-state index in [0.717, 1.165) is 44.9 Å². The third-order valence-corrected chi connectivity index (χ3v) is 18.9. The van der Waals surface area contributed by atoms with Gasteiger partial charge in [-0.15, -0.1) is 0 Å². The van der Waals surface area contributed by atoms with Gasteiger partial charge in [0.05, 0.1) is 25.4 Å². The molecule has 0 bridgehead atoms. The monoisotopic (exact) mass is 918 g/mol. The molecule has 360 valence electrons. The van der Waals surface area contributed by atoms with Crippen molar-refractivity contribution in [3.63, 3.8) is 0 Å². The van der Waals surface area contributed by atoms with Gasteiger partial charge >= 0.3 is 29.6 Å². The quantitative estimate of drug-likeness (QED) is 0.0748. The Labute approximate surface area is 399 Å². The van der Waals surface area contributed by atoms with Gasteiger partial charge < -0.3 is 79.2 Å². The van der Waals surface area contributed by atoms with Crippen LogP contribution in [0.5, 0.6) is 0 Å². The first-order valence-electron chi connectivity index (χ1n) is 23.5. The van der Waals surface area contributed by atoms with E-state index in [1.54, 1.807) is 0 Å². The number of carboxylic acid groups (broad SMARTS) is 1. The zero-order valence-electron chi connectivity index (χ0n) is 39.3. The molecule has 0 aromatic heterocycles. The van der Waals surface area contributed by atoms with Crippen molar-refractivity contribution in [2.24, 2.45) is 50.2 Å². The molecule has 0 aromatic carbocycles. The van der Waals surface area contributed by atoms with Crippen molar-refractivity contribution in [3.05, 3.63) is 11.6 Å². The molecule has 0 amide bonds. The summed E-state index contributed by atoms with van der Waals surface area (Å²) in [4.78, 5) is 13.0. The van der Waals surface area contributed by atoms with Crippen molar-refractivity contribution in [2.45, 2.75) is 212 Å². The molecule has 3 aliphatic heterocycles. The number of rotatable bonds is 8. The van der Waals surface area contributed by atoms with Gasteiger partial charge in [0, 0.05) is 11.4 Å². The van der Waals surface area contributed by atoms with Crippen LogP contribution in [0.15, 0.2) is 11.6 Å². The van der Waals surface area contributed by atoms with E-state index in [1.807, 2.05) is 0 Å². The van der Waals surface area contributed by atoms with Crippen LogP contribution in [-0.2, 0) is 33.2 Å². The number of fused-ring (bicyclic) bond motifs is 7. The Kier molecular flexibility index (Phi) is 14.6. The number of aliphatic carboxylic acids is 1. The van der Waals surface area contributed by atoms with Crippen LogP contribution in [0.2, 0.25) is 0 Å². The Morgan fingerprint density at radius 1 is 0.734 bits per heavy atom. The van der Waals surface area contributed by atoms with Gasteiger partial charge in [-0.25, -0.2) is 0 Å². The van der Waals surface area contributed by atoms with E-state index in [-0.39, 0.29) is 75.8 Å². The SMILES string of the molecule is C[C@@H]1O[C@@H](O[C@H]2[C@H](OC3CC[C@@]4(C)C(CC[C@]5(C)C4CC=C4C6CC(C)(C)CC[C@]6(C(=O)[O-])CC[C@]45C)C3(C)C)OC[C@H](O[C@H]3O[C@H](CO)[C@@H](O)[C@H](O)[C@H]3O)[C@@H]2O)[C@H](O)[C@H](O)[C@H]1O.[Na+]. The van der Waals surface area contributed by atoms with Crippen molar-refractivity contribution < 1.29 is 109 Å². The minimum atomic E-state index is -1.75. The fourth-order valence-corrected chi connectivity index (χ4v) is 14.8. The molecule has 4 saturated carbocycles. The van der Waals surface area contributed by atoms with Gasteiger partial charge in [0.25, 0.3) is 0 Å². The van der Waals surface area contributed by atoms with E-state index in [2.05, 4.69) is 54.5 Å². The van der Waals surface area contributed by atoms with Gasteiger partial charge in [0.15, 0.2) is 18.9 Å². The van der Waals surface area contributed by atoms with E-state index in [1.165, 1.54) is 12.5 Å². The molecule has 8 aliphatic rings. The van der Waals surface area contributed by atoms with Crippen molar-refractivity contribution in [1.82, 2.24) is 0 Å². The third kappa shape index (κ3) is 8.07. The average molecular weight is 919 g/mol. The van der Waals surface area contributed by atoms with E-state index in [9.17, 15) is 50.8 Å². The molecule has 0 aromatic rings. The van der Waals surface area contributed by atoms with Gasteiger partial charge in [0.1, 0.15) is 61.0 Å². The van der Waals surface area contributed by atoms with Crippen LogP contribution in [-0.4, -0.2) is 152 Å². The second kappa shape index (κ2) is 18.1. The van der Waals surface area contributed by atoms with Gasteiger partial charge in [-0.2, -0.15) is 0 Å². The molecule has 3 saturated heterocycles. The summed E-state index contributed by atoms with van der Waals surface area (Å²) in [7, 11) is 0. The normalized spacial score (nSPS) is 53.3. The molecule has 16 nitrogen and oxygen atoms in total. The maximum Gasteiger partial charge on any atom is 1.00 e. The number of aliphatic hydroxyl groups is 8. The topological polar surface area (TPSA) is 257 Å². The minimum absolute atomic E-state index is 0. The molecule has 64 heavy (non-hydrogen) atoms. The predicted octanol–water partition coefficient (Wildman–Crippen LogP) is -1.96. The molecule has 3 heterocycles. The second-order valence-corrected chi connectivity index (χ2v) is 23.0. The smallest absolute Gasteiger partial charge is 0.550 e. The van der Waals surface area contributed by atoms with E-state index >= 15 is 0 Å². The van der Waals surface area contributed by atoms with Crippen LogP contribution in [0.1, 0.15) is 120 Å². The number of ether oxygens (including phenoxy) is 6. The number of allylic oxidation sites excluding steroid dienone is 2. The van der Waals surface area contributed by atoms with Gasteiger partial charge in [-0.3, -0.25) is 0 Å². The first-order valence-corrected chi connectivity index (χ1v) is 23.5. The second-order valence-electron chi connectivity index (χ2n) is 23.0. The maximum atomic E-state index is 13.0. The molecule has 7 fully saturated rings. The number of aliphatic hydroxyl groups excluding tert-OH is 8. The summed E-state index contributed by atoms with van der Waals surface area (Å²) in [5.74, 6) is -0.367. The molecule has 0 radical (unpaired) electrons. The molecule has 8 N–H and O–H groups in total. The number of carbonyl (C=O) groups excluding carboxylic acids is 1. The van der Waals surface area contributed by atoms with E-state index in [4.69, 9.17) is 28.4 Å². The van der Waals surface area contributed by atoms with E-state index < -0.39 is 109 Å². The predicted molar refractivity (Wildman–Crippen MR) is 221 cm³/mol. The van der Waals surface area contributed by atoms with Crippen LogP contribution in [0.25, 0.3) is 0 Å². The summed E-state index contributed by atoms with van der Waals surface area (Å²) < 4.78 is 36.7. The summed E-state index contributed by atoms with van der Waals surface area (Å²) in [6, 6.07) is 0. The Balaban J connectivity index is 0.00000612. The van der Waals surface area contributed by atoms with Gasteiger partial charge in [0.2, 0.25) is 0 Å². The van der Waals surface area contributed by atoms with Crippen molar-refractivity contribution in [2.75, 3.05) is 13.2 Å². The number of hydrogen-bond donors (Lipinski definition) is 8. The van der Waals surface area contributed by atoms with Crippen molar-refractivity contribution >= 4 is 5.97 Å². The van der Waals surface area contributed by atoms with Crippen LogP contribution in [0.3, 0.4) is 0 Å². The third-order valence-electron chi connectivity index (χ3n) is 18.9. The Morgan fingerprint density at radius 3 is 2.03 bits per heavy atom. The maximum absolute atomic E-state index is 13.0. The molecule has 8 rings (SSSR count). The number of carboxylic acids is 1. The van der Waals surface area contributed by atoms with Crippen LogP contribution in [0, 0.1) is 50.2 Å². The Morgan fingerprint density at radius 2 is 1.38 bits per heavy atom. The van der Waals surface area contributed by atoms with Crippen molar-refractivity contribution in [3.8, 4) is 0 Å². The number of hydrogen-bond acceptors (Lipinski definition) is 16. The standard InChI is InChI=1S/C47H76O16.Na/c1-22-30(49)33(52)35(54)38(59-22)63-37-32(51)26(61-39-36(55)34(53)31(50)25(20-48)60-39)21-58-40(37)62-29-12-13-44(6)27(43(29,4)5)11-14-46(8)28(44)10-9-23-24-19-42(2,3)15-17-47(24,41(56)57)18-16-45(23,46)7;/h9,22,24-40,48-55H,10-21H2,1-8H3,(H,56,57);/q;+1/p-1/t22-,24?,25+,26-,27?,28?,29?,30-,31+,32-,33+,34-,35+,36+,37+,38-,39+,40-,44-,45+,46+,47-;/m0./s1. The van der Waals surface area contributed by atoms with Gasteiger partial charge in [-0.05, 0) is 116 Å². The fourth-order valence-electron chi connectivity index (χ4n) is 14.8. The molecule has 22 atom stereocenters. The summed E-state index contributed by atoms with van der Waals surface area (Å²) >= 11 is 0. The zero-order valence-corrected chi connectivity index (χ0v) is 41.3. The number of carbonyl (C=O) groups is 1. The zero-order chi connectivity index (χ0) is 46.0. The summed E-state index contributed by atoms with van der Waals surface area (Å²) in [5.41, 5.74) is -0.134. The van der Waals surface area contributed by atoms with Crippen LogP contribution >= 0.6 is 0 Å². The van der Waals surface area contributed by atoms with Gasteiger partial charge in [-0.1, -0.05) is 60.1 Å². The van der Waals surface area contributed by atoms with E-state index in [0.29, 0.717) is 25.2 Å². The molecule has 4 unspecified atom stereocenters. The summed E-state index contributed by atoms with van der Waals surface area (Å²) in [5, 5.41) is 98.2. The van der Waals surface area contributed by atoms with Crippen molar-refractivity contribution in [1.29, 1.82) is 0 Å². The Bertz CT molecular complexity index is 1730.